The average molecular weight is 816 g/mol. The van der Waals surface area contributed by atoms with Crippen LogP contribution < -0.4 is 32.3 Å². The van der Waals surface area contributed by atoms with Crippen LogP contribution in [0.25, 0.3) is 0 Å². The van der Waals surface area contributed by atoms with Crippen molar-refractivity contribution >= 4 is 84.0 Å². The minimum Gasteiger partial charge on any atom is -0.465 e. The predicted molar refractivity (Wildman–Crippen MR) is 207 cm³/mol. The number of amides is 4. The zero-order valence-electron chi connectivity index (χ0n) is 29.1. The summed E-state index contributed by atoms with van der Waals surface area (Å²) >= 11 is 5.36. The van der Waals surface area contributed by atoms with Gasteiger partial charge in [0.1, 0.15) is 0 Å². The van der Waals surface area contributed by atoms with E-state index in [0.717, 1.165) is 27.7 Å². The number of nitrogens with one attached hydrogen (secondary N) is 2. The molecule has 12 nitrogen and oxygen atoms in total. The van der Waals surface area contributed by atoms with Gasteiger partial charge in [-0.1, -0.05) is 0 Å². The van der Waals surface area contributed by atoms with Crippen molar-refractivity contribution in [2.45, 2.75) is 50.4 Å². The molecule has 1 heterocycles. The van der Waals surface area contributed by atoms with Gasteiger partial charge in [-0.05, 0) is 13.8 Å². The number of nitrogens with two attached hydrogens (primary N) is 1. The zero-order chi connectivity index (χ0) is 37.8. The van der Waals surface area contributed by atoms with Crippen LogP contribution in [-0.4, -0.2) is 89.6 Å². The van der Waals surface area contributed by atoms with Gasteiger partial charge in [0.05, 0.1) is 13.2 Å². The van der Waals surface area contributed by atoms with Crippen LogP contribution in [0.3, 0.4) is 0 Å². The molecule has 15 heteroatoms. The van der Waals surface area contributed by atoms with E-state index in [4.69, 9.17) is 15.2 Å². The molecule has 278 valence electrons. The van der Waals surface area contributed by atoms with Crippen molar-refractivity contribution in [3.05, 3.63) is 91.0 Å². The van der Waals surface area contributed by atoms with E-state index in [1.807, 2.05) is 91.0 Å². The van der Waals surface area contributed by atoms with Crippen LogP contribution in [0.15, 0.2) is 91.0 Å². The number of thioether (sulfide) groups is 1. The second-order valence-corrected chi connectivity index (χ2v) is 22.2. The Labute approximate surface area is 315 Å². The fraction of sp³-hybridized carbons (Fsp3) is 0.351. The number of carbonyl (C=O) groups excluding carboxylic acids is 6. The number of hydrogen-bond acceptors (Lipinski definition) is 10. The summed E-state index contributed by atoms with van der Waals surface area (Å²) in [5.41, 5.74) is 5.83. The van der Waals surface area contributed by atoms with E-state index in [-0.39, 0.29) is 50.4 Å². The molecule has 0 saturated carbocycles. The van der Waals surface area contributed by atoms with Gasteiger partial charge in [-0.25, -0.2) is 0 Å². The van der Waals surface area contributed by atoms with Gasteiger partial charge in [0.15, 0.2) is 0 Å². The number of nitrogens with zero attached hydrogens (tertiary/aromatic N) is 1. The smallest absolute Gasteiger partial charge is 0.465 e. The summed E-state index contributed by atoms with van der Waals surface area (Å²) in [6.07, 6.45) is -0.264. The van der Waals surface area contributed by atoms with Gasteiger partial charge >= 0.3 is 274 Å². The normalized spacial score (nSPS) is 16.3. The minimum absolute atomic E-state index is 0.0255. The van der Waals surface area contributed by atoms with Crippen LogP contribution in [0.4, 0.5) is 0 Å². The minimum atomic E-state index is -3.69. The third kappa shape index (κ3) is 9.46. The first kappa shape index (κ1) is 40.7. The molecule has 0 aromatic heterocycles. The number of rotatable bonds is 18. The summed E-state index contributed by atoms with van der Waals surface area (Å²) in [6.45, 7) is 3.11. The molecule has 1 fully saturated rings. The van der Waals surface area contributed by atoms with Gasteiger partial charge in [-0.15, -0.1) is 0 Å². The molecule has 3 aromatic rings. The molecule has 4 amide bonds. The van der Waals surface area contributed by atoms with Crippen molar-refractivity contribution < 1.29 is 38.2 Å². The molecule has 3 atom stereocenters. The number of carbonyl (C=O) groups is 6. The number of imide groups is 1. The molecular weight excluding hydrogens is 771 g/mol. The Morgan fingerprint density at radius 2 is 1.40 bits per heavy atom. The predicted octanol–water partition coefficient (Wildman–Crippen LogP) is 2.48. The monoisotopic (exact) mass is 814 g/mol. The van der Waals surface area contributed by atoms with Crippen molar-refractivity contribution in [2.75, 3.05) is 31.8 Å². The summed E-state index contributed by atoms with van der Waals surface area (Å²) in [7, 11) is 0. The standard InChI is InChI=1S/C37H44BrN4O8PS/c1-3-49-34(45)23-40-35(46)30(41-32(43)21-20-29(39)37(48)50-4-2)24-52-31-22-33(44)42(36(31)47)25-51(38,26-14-8-5-9-15-26,27-16-10-6-11-17-27)28-18-12-7-13-19-28/h5-19,29-31H,3-4,20-25,39H2,1-2H3,(H,40,46)(H,41,43). The molecule has 0 spiro atoms. The van der Waals surface area contributed by atoms with E-state index in [1.54, 1.807) is 13.8 Å². The quantitative estimate of drug-likeness (QED) is 0.0984. The van der Waals surface area contributed by atoms with Crippen LogP contribution in [-0.2, 0) is 38.2 Å². The van der Waals surface area contributed by atoms with E-state index in [9.17, 15) is 28.8 Å². The van der Waals surface area contributed by atoms with Crippen molar-refractivity contribution in [3.63, 3.8) is 0 Å². The molecule has 4 N–H and O–H groups in total. The van der Waals surface area contributed by atoms with Gasteiger partial charge in [0, 0.05) is 0 Å². The molecule has 1 aliphatic rings. The van der Waals surface area contributed by atoms with Crippen molar-refractivity contribution in [3.8, 4) is 0 Å². The van der Waals surface area contributed by atoms with Gasteiger partial charge in [0.2, 0.25) is 0 Å². The Morgan fingerprint density at radius 1 is 0.885 bits per heavy atom. The number of likely N-dealkylation sites (tertiary alicyclic amines) is 1. The third-order valence-electron chi connectivity index (χ3n) is 8.59. The number of hydrogen-bond donors (Lipinski definition) is 3. The van der Waals surface area contributed by atoms with Gasteiger partial charge in [0.25, 0.3) is 0 Å². The van der Waals surface area contributed by atoms with Gasteiger partial charge in [-0.2, -0.15) is 0 Å². The first-order valence-electron chi connectivity index (χ1n) is 16.9. The molecule has 3 unspecified atom stereocenters. The molecule has 0 radical (unpaired) electrons. The van der Waals surface area contributed by atoms with Crippen LogP contribution in [0.2, 0.25) is 0 Å². The summed E-state index contributed by atoms with van der Waals surface area (Å²) in [6, 6.07) is 27.2. The van der Waals surface area contributed by atoms with Crippen molar-refractivity contribution in [1.82, 2.24) is 15.5 Å². The summed E-state index contributed by atoms with van der Waals surface area (Å²) in [5.74, 6) is -3.42. The first-order chi connectivity index (χ1) is 24.9. The van der Waals surface area contributed by atoms with Gasteiger partial charge in [-0.3, -0.25) is 4.79 Å². The SMILES string of the molecule is CCOC(=O)CNC(=O)C(CSC1CC(=O)N(CP(Br)(c2ccccc2)(c2ccccc2)c2ccccc2)C1=O)NC(=O)CCC(N)C(=O)OCC. The van der Waals surface area contributed by atoms with Crippen molar-refractivity contribution in [2.24, 2.45) is 5.73 Å². The topological polar surface area (TPSA) is 174 Å². The fourth-order valence-corrected chi connectivity index (χ4v) is 14.5. The third-order valence-corrected chi connectivity index (χ3v) is 19.2. The summed E-state index contributed by atoms with van der Waals surface area (Å²) in [4.78, 5) is 79.3. The maximum absolute atomic E-state index is 14.2. The van der Waals surface area contributed by atoms with Gasteiger partial charge < -0.3 is 10.5 Å². The summed E-state index contributed by atoms with van der Waals surface area (Å²) < 4.78 is 9.78. The van der Waals surface area contributed by atoms with Crippen LogP contribution in [0.5, 0.6) is 0 Å². The second-order valence-electron chi connectivity index (χ2n) is 12.1. The summed E-state index contributed by atoms with van der Waals surface area (Å²) in [5, 5.41) is 3.36. The molecule has 52 heavy (non-hydrogen) atoms. The number of benzene rings is 3. The molecule has 3 aromatic carbocycles. The Balaban J connectivity index is 1.58. The second kappa shape index (κ2) is 18.6. The number of halogens is 1. The fourth-order valence-electron chi connectivity index (χ4n) is 5.92. The Kier molecular flexibility index (Phi) is 14.5. The molecule has 0 bridgehead atoms. The first-order valence-corrected chi connectivity index (χ1v) is 22.4. The average Bonchev–Trinajstić information content (AvgIpc) is 3.42. The van der Waals surface area contributed by atoms with Crippen molar-refractivity contribution in [1.29, 1.82) is 0 Å². The van der Waals surface area contributed by atoms with E-state index in [0.29, 0.717) is 0 Å². The molecular formula is C37H44BrN4O8PS. The van der Waals surface area contributed by atoms with E-state index in [1.165, 1.54) is 4.90 Å². The molecule has 1 aliphatic heterocycles. The van der Waals surface area contributed by atoms with Crippen LogP contribution in [0.1, 0.15) is 33.1 Å². The van der Waals surface area contributed by atoms with Crippen LogP contribution >= 0.6 is 32.6 Å². The Hall–Kier alpha value is -4.10. The van der Waals surface area contributed by atoms with E-state index < -0.39 is 58.8 Å². The number of ether oxygens (including phenoxy) is 2. The maximum atomic E-state index is 14.2. The molecule has 0 aliphatic carbocycles. The molecule has 4 rings (SSSR count). The zero-order valence-corrected chi connectivity index (χ0v) is 32.4. The van der Waals surface area contributed by atoms with E-state index in [2.05, 4.69) is 26.1 Å². The Bertz CT molecular complexity index is 1640. The van der Waals surface area contributed by atoms with Crippen LogP contribution in [0, 0.1) is 0 Å². The molecule has 1 saturated heterocycles. The number of esters is 2. The Morgan fingerprint density at radius 3 is 1.90 bits per heavy atom. The van der Waals surface area contributed by atoms with E-state index >= 15 is 0 Å².